The lowest BCUT2D eigenvalue weighted by Crippen LogP contribution is -2.44. The van der Waals surface area contributed by atoms with Crippen molar-refractivity contribution >= 4 is 34.2 Å². The van der Waals surface area contributed by atoms with E-state index in [-0.39, 0.29) is 23.8 Å². The average molecular weight is 485 g/mol. The number of carbonyl (C=O) groups is 1. The molecule has 5 rings (SSSR count). The molecule has 6 N–H and O–H groups in total. The second kappa shape index (κ2) is 8.86. The summed E-state index contributed by atoms with van der Waals surface area (Å²) in [5.74, 6) is 0.967. The van der Waals surface area contributed by atoms with Gasteiger partial charge in [0.25, 0.3) is 0 Å². The molecule has 2 heterocycles. The number of fused-ring (bicyclic) bond motifs is 2. The minimum Gasteiger partial charge on any atom is -0.490 e. The number of ether oxygens (including phenoxy) is 1. The van der Waals surface area contributed by atoms with Crippen molar-refractivity contribution in [2.45, 2.75) is 44.8 Å². The lowest BCUT2D eigenvalue weighted by atomic mass is 9.86. The fourth-order valence-corrected chi connectivity index (χ4v) is 5.20. The number of anilines is 1. The lowest BCUT2D eigenvalue weighted by Gasteiger charge is -2.32. The molecule has 1 saturated heterocycles. The first-order valence-electron chi connectivity index (χ1n) is 12.2. The van der Waals surface area contributed by atoms with E-state index in [1.807, 2.05) is 72.2 Å². The quantitative estimate of drug-likeness (QED) is 0.324. The summed E-state index contributed by atoms with van der Waals surface area (Å²) < 4.78 is 6.27. The Labute approximate surface area is 210 Å². The van der Waals surface area contributed by atoms with Gasteiger partial charge in [0.1, 0.15) is 17.7 Å². The highest BCUT2D eigenvalue weighted by Gasteiger charge is 2.44. The molecular formula is C28H32N6O2. The zero-order chi connectivity index (χ0) is 25.6. The van der Waals surface area contributed by atoms with E-state index in [9.17, 15) is 4.79 Å². The molecule has 0 unspecified atom stereocenters. The van der Waals surface area contributed by atoms with Crippen molar-refractivity contribution in [3.63, 3.8) is 0 Å². The van der Waals surface area contributed by atoms with Crippen LogP contribution < -0.4 is 21.1 Å². The van der Waals surface area contributed by atoms with E-state index in [0.717, 1.165) is 46.2 Å². The fourth-order valence-electron chi connectivity index (χ4n) is 5.20. The first-order valence-corrected chi connectivity index (χ1v) is 12.2. The largest absolute Gasteiger partial charge is 0.490 e. The Balaban J connectivity index is 1.38. The van der Waals surface area contributed by atoms with Crippen molar-refractivity contribution in [2.24, 2.45) is 11.5 Å². The van der Waals surface area contributed by atoms with Gasteiger partial charge < -0.3 is 26.0 Å². The highest BCUT2D eigenvalue weighted by atomic mass is 16.5. The summed E-state index contributed by atoms with van der Waals surface area (Å²) in [7, 11) is 0. The third kappa shape index (κ3) is 4.23. The van der Waals surface area contributed by atoms with Crippen LogP contribution in [-0.4, -0.2) is 41.8 Å². The van der Waals surface area contributed by atoms with Crippen molar-refractivity contribution in [2.75, 3.05) is 18.0 Å². The first kappa shape index (κ1) is 23.7. The highest BCUT2D eigenvalue weighted by molar-refractivity contribution is 6.07. The number of rotatable bonds is 5. The molecule has 2 aliphatic heterocycles. The van der Waals surface area contributed by atoms with Crippen molar-refractivity contribution in [3.05, 3.63) is 71.3 Å². The summed E-state index contributed by atoms with van der Waals surface area (Å²) >= 11 is 0. The van der Waals surface area contributed by atoms with E-state index >= 15 is 0 Å². The molecule has 8 heteroatoms. The minimum atomic E-state index is -0.661. The number of nitrogens with one attached hydrogen (secondary N) is 2. The monoisotopic (exact) mass is 484 g/mol. The maximum atomic E-state index is 13.5. The van der Waals surface area contributed by atoms with Crippen molar-refractivity contribution < 1.29 is 9.53 Å². The van der Waals surface area contributed by atoms with Gasteiger partial charge >= 0.3 is 0 Å². The van der Waals surface area contributed by atoms with E-state index in [0.29, 0.717) is 25.2 Å². The van der Waals surface area contributed by atoms with Crippen LogP contribution >= 0.6 is 0 Å². The average Bonchev–Trinajstić information content (AvgIpc) is 3.04. The number of hydrogen-bond donors (Lipinski definition) is 4. The van der Waals surface area contributed by atoms with Gasteiger partial charge in [-0.3, -0.25) is 15.6 Å². The summed E-state index contributed by atoms with van der Waals surface area (Å²) in [5, 5.41) is 17.4. The number of guanidine groups is 1. The van der Waals surface area contributed by atoms with Gasteiger partial charge in [-0.1, -0.05) is 24.3 Å². The molecule has 0 radical (unpaired) electrons. The smallest absolute Gasteiger partial charge is 0.237 e. The van der Waals surface area contributed by atoms with Crippen LogP contribution in [0.1, 0.15) is 43.4 Å². The SMILES string of the molecule is CC1(C)C(=O)N(Cc2ccc3ccc(C(=N)N)cc3c2)c2ccc(OC3CCN(C(=N)N)CC3)cc21. The van der Waals surface area contributed by atoms with Crippen LogP contribution in [0.2, 0.25) is 0 Å². The molecule has 1 amide bonds. The third-order valence-corrected chi connectivity index (χ3v) is 7.35. The number of nitrogen functional groups attached to an aromatic ring is 1. The predicted octanol–water partition coefficient (Wildman–Crippen LogP) is 3.68. The van der Waals surface area contributed by atoms with Gasteiger partial charge in [-0.05, 0) is 66.1 Å². The van der Waals surface area contributed by atoms with Crippen molar-refractivity contribution in [1.29, 1.82) is 10.8 Å². The molecule has 0 aromatic heterocycles. The molecule has 8 nitrogen and oxygen atoms in total. The van der Waals surface area contributed by atoms with Crippen LogP contribution in [0.15, 0.2) is 54.6 Å². The zero-order valence-electron chi connectivity index (χ0n) is 20.7. The molecule has 36 heavy (non-hydrogen) atoms. The topological polar surface area (TPSA) is 133 Å². The molecule has 3 aromatic carbocycles. The number of carbonyl (C=O) groups excluding carboxylic acids is 1. The summed E-state index contributed by atoms with van der Waals surface area (Å²) in [6.45, 7) is 5.80. The van der Waals surface area contributed by atoms with Crippen LogP contribution in [0.4, 0.5) is 5.69 Å². The normalized spacial score (nSPS) is 17.3. The molecule has 0 saturated carbocycles. The number of likely N-dealkylation sites (tertiary alicyclic amines) is 1. The van der Waals surface area contributed by atoms with Crippen LogP contribution in [0, 0.1) is 10.8 Å². The van der Waals surface area contributed by atoms with Gasteiger partial charge in [-0.2, -0.15) is 0 Å². The Morgan fingerprint density at radius 1 is 1.00 bits per heavy atom. The summed E-state index contributed by atoms with van der Waals surface area (Å²) in [5.41, 5.74) is 14.2. The Bertz CT molecular complexity index is 1370. The molecule has 0 bridgehead atoms. The van der Waals surface area contributed by atoms with Crippen LogP contribution in [-0.2, 0) is 16.8 Å². The number of benzene rings is 3. The van der Waals surface area contributed by atoms with Gasteiger partial charge in [0.2, 0.25) is 5.91 Å². The number of amidine groups is 1. The van der Waals surface area contributed by atoms with Crippen molar-refractivity contribution in [3.8, 4) is 5.75 Å². The van der Waals surface area contributed by atoms with Crippen molar-refractivity contribution in [1.82, 2.24) is 4.90 Å². The lowest BCUT2D eigenvalue weighted by molar-refractivity contribution is -0.122. The Kier molecular flexibility index (Phi) is 5.82. The second-order valence-corrected chi connectivity index (χ2v) is 10.2. The maximum Gasteiger partial charge on any atom is 0.237 e. The van der Waals surface area contributed by atoms with Gasteiger partial charge in [0.05, 0.1) is 12.0 Å². The van der Waals surface area contributed by atoms with E-state index < -0.39 is 5.41 Å². The number of nitrogens with zero attached hydrogens (tertiary/aromatic N) is 2. The summed E-state index contributed by atoms with van der Waals surface area (Å²) in [6.07, 6.45) is 1.67. The predicted molar refractivity (Wildman–Crippen MR) is 143 cm³/mol. The summed E-state index contributed by atoms with van der Waals surface area (Å²) in [6, 6.07) is 17.8. The molecule has 0 spiro atoms. The van der Waals surface area contributed by atoms with E-state index in [1.54, 1.807) is 0 Å². The standard InChI is InChI=1S/C28H32N6O2/c1-28(2)23-15-22(36-21-9-11-33(12-10-21)27(31)32)7-8-24(23)34(26(28)35)16-17-3-4-18-5-6-19(25(29)30)14-20(18)13-17/h3-8,13-15,21H,9-12,16H2,1-2H3,(H3,29,30)(H3,31,32). The zero-order valence-corrected chi connectivity index (χ0v) is 20.7. The molecule has 0 atom stereocenters. The van der Waals surface area contributed by atoms with Crippen LogP contribution in [0.25, 0.3) is 10.8 Å². The van der Waals surface area contributed by atoms with Crippen LogP contribution in [0.3, 0.4) is 0 Å². The first-order chi connectivity index (χ1) is 17.1. The molecule has 0 aliphatic carbocycles. The Morgan fingerprint density at radius 3 is 2.42 bits per heavy atom. The van der Waals surface area contributed by atoms with E-state index in [4.69, 9.17) is 27.0 Å². The van der Waals surface area contributed by atoms with E-state index in [1.165, 1.54) is 0 Å². The number of amides is 1. The van der Waals surface area contributed by atoms with Gasteiger partial charge in [-0.25, -0.2) is 0 Å². The number of piperidine rings is 1. The third-order valence-electron chi connectivity index (χ3n) is 7.35. The fraction of sp³-hybridized carbons (Fsp3) is 0.321. The van der Waals surface area contributed by atoms with Gasteiger partial charge in [0, 0.05) is 37.2 Å². The molecular weight excluding hydrogens is 452 g/mol. The molecule has 186 valence electrons. The Hall–Kier alpha value is -4.07. The van der Waals surface area contributed by atoms with Gasteiger partial charge in [0.15, 0.2) is 5.96 Å². The molecule has 3 aromatic rings. The minimum absolute atomic E-state index is 0.0372. The van der Waals surface area contributed by atoms with Gasteiger partial charge in [-0.15, -0.1) is 0 Å². The second-order valence-electron chi connectivity index (χ2n) is 10.2. The Morgan fingerprint density at radius 2 is 1.72 bits per heavy atom. The molecule has 2 aliphatic rings. The molecule has 1 fully saturated rings. The van der Waals surface area contributed by atoms with E-state index in [2.05, 4.69) is 6.07 Å². The maximum absolute atomic E-state index is 13.5. The van der Waals surface area contributed by atoms with Crippen LogP contribution in [0.5, 0.6) is 5.75 Å². The number of nitrogens with two attached hydrogens (primary N) is 2. The summed E-state index contributed by atoms with van der Waals surface area (Å²) in [4.78, 5) is 17.2. The number of hydrogen-bond acceptors (Lipinski definition) is 4. The highest BCUT2D eigenvalue weighted by Crippen LogP contribution is 2.44.